The topological polar surface area (TPSA) is 55.8 Å². The number of benzene rings is 1. The van der Waals surface area contributed by atoms with Crippen LogP contribution in [0.15, 0.2) is 29.2 Å². The van der Waals surface area contributed by atoms with E-state index in [0.717, 1.165) is 31.4 Å². The van der Waals surface area contributed by atoms with Gasteiger partial charge in [-0.15, -0.1) is 0 Å². The Kier molecular flexibility index (Phi) is 4.78. The normalized spacial score (nSPS) is 25.0. The minimum absolute atomic E-state index is 0.126. The Labute approximate surface area is 138 Å². The number of nitrogens with zero attached hydrogens (tertiary/aromatic N) is 1. The summed E-state index contributed by atoms with van der Waals surface area (Å²) in [4.78, 5) is 0.427. The molecule has 0 radical (unpaired) electrons. The molecule has 1 spiro atoms. The first-order chi connectivity index (χ1) is 11.0. The Bertz CT molecular complexity index is 650. The van der Waals surface area contributed by atoms with Gasteiger partial charge >= 0.3 is 0 Å². The highest BCUT2D eigenvalue weighted by molar-refractivity contribution is 7.89. The number of methoxy groups -OCH3 is 1. The molecule has 0 amide bonds. The molecule has 1 atom stereocenters. The maximum absolute atomic E-state index is 12.9. The van der Waals surface area contributed by atoms with Crippen molar-refractivity contribution in [2.45, 2.75) is 37.2 Å². The monoisotopic (exact) mass is 339 g/mol. The Balaban J connectivity index is 1.69. The van der Waals surface area contributed by atoms with E-state index < -0.39 is 10.0 Å². The van der Waals surface area contributed by atoms with Crippen molar-refractivity contribution in [3.63, 3.8) is 0 Å². The van der Waals surface area contributed by atoms with Crippen molar-refractivity contribution in [2.75, 3.05) is 33.4 Å². The molecular formula is C17H25NO4S. The van der Waals surface area contributed by atoms with E-state index in [1.165, 1.54) is 0 Å². The number of sulfonamides is 1. The van der Waals surface area contributed by atoms with E-state index in [0.29, 0.717) is 24.6 Å². The van der Waals surface area contributed by atoms with Crippen LogP contribution in [0.25, 0.3) is 0 Å². The van der Waals surface area contributed by atoms with Crippen LogP contribution in [0.1, 0.15) is 24.8 Å². The van der Waals surface area contributed by atoms with E-state index in [1.54, 1.807) is 23.5 Å². The van der Waals surface area contributed by atoms with Gasteiger partial charge in [-0.2, -0.15) is 4.31 Å². The summed E-state index contributed by atoms with van der Waals surface area (Å²) in [5, 5.41) is 0. The summed E-state index contributed by atoms with van der Waals surface area (Å²) >= 11 is 0. The number of ether oxygens (including phenoxy) is 2. The molecule has 0 unspecified atom stereocenters. The maximum atomic E-state index is 12.9. The van der Waals surface area contributed by atoms with Crippen LogP contribution in [0.3, 0.4) is 0 Å². The molecule has 2 fully saturated rings. The van der Waals surface area contributed by atoms with Gasteiger partial charge in [-0.05, 0) is 43.2 Å². The standard InChI is InChI=1S/C17H25NO4S/c1-14-5-3-4-6-16(14)23(19,20)18-9-7-17(8-10-18)11-15(12-21-2)22-13-17/h3-6,15H,7-13H2,1-2H3/t15-/m1/s1. The number of piperidine rings is 1. The lowest BCUT2D eigenvalue weighted by molar-refractivity contribution is 0.0312. The quantitative estimate of drug-likeness (QED) is 0.844. The zero-order chi connectivity index (χ0) is 16.5. The molecular weight excluding hydrogens is 314 g/mol. The highest BCUT2D eigenvalue weighted by Crippen LogP contribution is 2.43. The lowest BCUT2D eigenvalue weighted by atomic mass is 9.77. The minimum atomic E-state index is -3.39. The Hall–Kier alpha value is -0.950. The van der Waals surface area contributed by atoms with Gasteiger partial charge in [-0.1, -0.05) is 18.2 Å². The van der Waals surface area contributed by atoms with Crippen molar-refractivity contribution in [1.29, 1.82) is 0 Å². The largest absolute Gasteiger partial charge is 0.382 e. The summed E-state index contributed by atoms with van der Waals surface area (Å²) in [6.45, 7) is 4.32. The molecule has 0 saturated carbocycles. The number of rotatable bonds is 4. The van der Waals surface area contributed by atoms with E-state index >= 15 is 0 Å². The van der Waals surface area contributed by atoms with Gasteiger partial charge < -0.3 is 9.47 Å². The fourth-order valence-electron chi connectivity index (χ4n) is 3.72. The highest BCUT2D eigenvalue weighted by Gasteiger charge is 2.44. The average Bonchev–Trinajstić information content (AvgIpc) is 2.91. The van der Waals surface area contributed by atoms with Gasteiger partial charge in [0, 0.05) is 20.2 Å². The molecule has 2 saturated heterocycles. The first-order valence-electron chi connectivity index (χ1n) is 8.13. The van der Waals surface area contributed by atoms with Crippen molar-refractivity contribution < 1.29 is 17.9 Å². The molecule has 0 aliphatic carbocycles. The average molecular weight is 339 g/mol. The lowest BCUT2D eigenvalue weighted by Gasteiger charge is -2.37. The van der Waals surface area contributed by atoms with Crippen molar-refractivity contribution in [3.8, 4) is 0 Å². The number of hydrogen-bond donors (Lipinski definition) is 0. The third kappa shape index (κ3) is 3.31. The van der Waals surface area contributed by atoms with Crippen molar-refractivity contribution >= 4 is 10.0 Å². The van der Waals surface area contributed by atoms with Crippen LogP contribution >= 0.6 is 0 Å². The molecule has 2 heterocycles. The maximum Gasteiger partial charge on any atom is 0.243 e. The molecule has 1 aromatic rings. The van der Waals surface area contributed by atoms with Crippen molar-refractivity contribution in [2.24, 2.45) is 5.41 Å². The second-order valence-electron chi connectivity index (χ2n) is 6.76. The zero-order valence-electron chi connectivity index (χ0n) is 13.8. The van der Waals surface area contributed by atoms with Gasteiger partial charge in [0.15, 0.2) is 0 Å². The van der Waals surface area contributed by atoms with E-state index in [1.807, 2.05) is 19.1 Å². The fraction of sp³-hybridized carbons (Fsp3) is 0.647. The van der Waals surface area contributed by atoms with Gasteiger partial charge in [0.25, 0.3) is 0 Å². The first kappa shape index (κ1) is 16.9. The molecule has 1 aromatic carbocycles. The summed E-state index contributed by atoms with van der Waals surface area (Å²) in [5.74, 6) is 0. The third-order valence-corrected chi connectivity index (χ3v) is 7.19. The molecule has 0 bridgehead atoms. The van der Waals surface area contributed by atoms with Crippen LogP contribution < -0.4 is 0 Å². The molecule has 0 aromatic heterocycles. The summed E-state index contributed by atoms with van der Waals surface area (Å²) in [5.41, 5.74) is 0.929. The van der Waals surface area contributed by atoms with Gasteiger partial charge in [0.2, 0.25) is 10.0 Å². The van der Waals surface area contributed by atoms with Crippen LogP contribution in [0.2, 0.25) is 0 Å². The third-order valence-electron chi connectivity index (χ3n) is 5.13. The minimum Gasteiger partial charge on any atom is -0.382 e. The van der Waals surface area contributed by atoms with Gasteiger partial charge in [0.05, 0.1) is 24.2 Å². The SMILES string of the molecule is COC[C@H]1CC2(CCN(S(=O)(=O)c3ccccc3C)CC2)CO1. The smallest absolute Gasteiger partial charge is 0.243 e. The molecule has 3 rings (SSSR count). The van der Waals surface area contributed by atoms with Crippen molar-refractivity contribution in [3.05, 3.63) is 29.8 Å². The molecule has 5 nitrogen and oxygen atoms in total. The molecule has 0 N–H and O–H groups in total. The van der Waals surface area contributed by atoms with Gasteiger partial charge in [-0.3, -0.25) is 0 Å². The van der Waals surface area contributed by atoms with E-state index in [-0.39, 0.29) is 11.5 Å². The van der Waals surface area contributed by atoms with Gasteiger partial charge in [0.1, 0.15) is 0 Å². The predicted molar refractivity (Wildman–Crippen MR) is 87.8 cm³/mol. The summed E-state index contributed by atoms with van der Waals surface area (Å²) < 4.78 is 38.3. The molecule has 23 heavy (non-hydrogen) atoms. The summed E-state index contributed by atoms with van der Waals surface area (Å²) in [6, 6.07) is 7.19. The Morgan fingerprint density at radius 3 is 2.65 bits per heavy atom. The van der Waals surface area contributed by atoms with Gasteiger partial charge in [-0.25, -0.2) is 8.42 Å². The summed E-state index contributed by atoms with van der Waals surface area (Å²) in [6.07, 6.45) is 2.84. The van der Waals surface area contributed by atoms with Crippen LogP contribution in [-0.2, 0) is 19.5 Å². The van der Waals surface area contributed by atoms with Crippen LogP contribution in [0.5, 0.6) is 0 Å². The van der Waals surface area contributed by atoms with Crippen molar-refractivity contribution in [1.82, 2.24) is 4.31 Å². The Morgan fingerprint density at radius 2 is 2.00 bits per heavy atom. The lowest BCUT2D eigenvalue weighted by Crippen LogP contribution is -2.43. The zero-order valence-corrected chi connectivity index (χ0v) is 14.6. The molecule has 2 aliphatic heterocycles. The second-order valence-corrected chi connectivity index (χ2v) is 8.67. The highest BCUT2D eigenvalue weighted by atomic mass is 32.2. The van der Waals surface area contributed by atoms with Crippen LogP contribution in [-0.4, -0.2) is 52.2 Å². The van der Waals surface area contributed by atoms with E-state index in [2.05, 4.69) is 0 Å². The number of aryl methyl sites for hydroxylation is 1. The molecule has 6 heteroatoms. The van der Waals surface area contributed by atoms with Crippen LogP contribution in [0.4, 0.5) is 0 Å². The van der Waals surface area contributed by atoms with E-state index in [4.69, 9.17) is 9.47 Å². The molecule has 2 aliphatic rings. The molecule has 128 valence electrons. The summed E-state index contributed by atoms with van der Waals surface area (Å²) in [7, 11) is -1.71. The van der Waals surface area contributed by atoms with Crippen LogP contribution in [0, 0.1) is 12.3 Å². The number of hydrogen-bond acceptors (Lipinski definition) is 4. The fourth-order valence-corrected chi connectivity index (χ4v) is 5.39. The Morgan fingerprint density at radius 1 is 1.30 bits per heavy atom. The van der Waals surface area contributed by atoms with E-state index in [9.17, 15) is 8.42 Å². The predicted octanol–water partition coefficient (Wildman–Crippen LogP) is 2.20. The second kappa shape index (κ2) is 6.51. The first-order valence-corrected chi connectivity index (χ1v) is 9.57.